The van der Waals surface area contributed by atoms with Gasteiger partial charge in [-0.1, -0.05) is 18.2 Å². The van der Waals surface area contributed by atoms with Gasteiger partial charge in [-0.25, -0.2) is 0 Å². The summed E-state index contributed by atoms with van der Waals surface area (Å²) in [5, 5.41) is 12.1. The van der Waals surface area contributed by atoms with Gasteiger partial charge >= 0.3 is 5.97 Å². The van der Waals surface area contributed by atoms with E-state index in [9.17, 15) is 9.59 Å². The molecule has 0 spiro atoms. The summed E-state index contributed by atoms with van der Waals surface area (Å²) in [5.41, 5.74) is 7.75. The second kappa shape index (κ2) is 5.75. The van der Waals surface area contributed by atoms with Gasteiger partial charge in [0.05, 0.1) is 6.04 Å². The van der Waals surface area contributed by atoms with Crippen LogP contribution in [0.4, 0.5) is 0 Å². The van der Waals surface area contributed by atoms with Gasteiger partial charge in [0.25, 0.3) is 0 Å². The zero-order valence-electron chi connectivity index (χ0n) is 11.1. The zero-order chi connectivity index (χ0) is 14.7. The number of fused-ring (bicyclic) bond motifs is 1. The van der Waals surface area contributed by atoms with E-state index in [4.69, 9.17) is 10.8 Å². The number of rotatable bonds is 5. The average molecular weight is 275 g/mol. The van der Waals surface area contributed by atoms with Crippen molar-refractivity contribution in [1.82, 2.24) is 10.3 Å². The molecule has 6 heteroatoms. The molecule has 0 aliphatic rings. The van der Waals surface area contributed by atoms with Crippen molar-refractivity contribution in [2.24, 2.45) is 5.73 Å². The molecule has 0 bridgehead atoms. The molecule has 0 saturated carbocycles. The minimum Gasteiger partial charge on any atom is -0.480 e. The number of carbonyl (C=O) groups excluding carboxylic acids is 1. The molecule has 1 amide bonds. The lowest BCUT2D eigenvalue weighted by molar-refractivity contribution is -0.141. The standard InChI is InChI=1S/C14H17N3O3/c1-8(14(19)20)17-13(18)11(15)6-9-7-16-12-5-3-2-4-10(9)12/h2-5,7-8,11,16H,6,15H2,1H3,(H,17,18)(H,19,20)/t8-,11-/m1/s1. The number of benzene rings is 1. The van der Waals surface area contributed by atoms with Crippen molar-refractivity contribution in [3.8, 4) is 0 Å². The van der Waals surface area contributed by atoms with Crippen LogP contribution in [0, 0.1) is 0 Å². The van der Waals surface area contributed by atoms with E-state index in [1.807, 2.05) is 30.5 Å². The minimum absolute atomic E-state index is 0.349. The number of amides is 1. The Morgan fingerprint density at radius 1 is 1.40 bits per heavy atom. The first-order valence-corrected chi connectivity index (χ1v) is 6.33. The molecule has 0 unspecified atom stereocenters. The number of nitrogens with two attached hydrogens (primary N) is 1. The van der Waals surface area contributed by atoms with E-state index in [1.165, 1.54) is 6.92 Å². The normalized spacial score (nSPS) is 13.9. The van der Waals surface area contributed by atoms with E-state index in [0.717, 1.165) is 16.5 Å². The maximum atomic E-state index is 11.8. The van der Waals surface area contributed by atoms with Crippen LogP contribution >= 0.6 is 0 Å². The van der Waals surface area contributed by atoms with Crippen LogP contribution in [-0.4, -0.2) is 34.1 Å². The number of aliphatic carboxylic acids is 1. The van der Waals surface area contributed by atoms with Crippen LogP contribution in [0.15, 0.2) is 30.5 Å². The topological polar surface area (TPSA) is 108 Å². The Hall–Kier alpha value is -2.34. The maximum absolute atomic E-state index is 11.8. The fraction of sp³-hybridized carbons (Fsp3) is 0.286. The summed E-state index contributed by atoms with van der Waals surface area (Å²) in [6, 6.07) is 6.00. The SMILES string of the molecule is C[C@@H](NC(=O)[C@H](N)Cc1c[nH]c2ccccc12)C(=O)O. The maximum Gasteiger partial charge on any atom is 0.325 e. The van der Waals surface area contributed by atoms with E-state index in [0.29, 0.717) is 6.42 Å². The van der Waals surface area contributed by atoms with Crippen molar-refractivity contribution >= 4 is 22.8 Å². The third-order valence-corrected chi connectivity index (χ3v) is 3.18. The number of H-pyrrole nitrogens is 1. The van der Waals surface area contributed by atoms with Gasteiger partial charge in [-0.05, 0) is 25.0 Å². The van der Waals surface area contributed by atoms with Crippen LogP contribution < -0.4 is 11.1 Å². The molecule has 2 aromatic rings. The fourth-order valence-electron chi connectivity index (χ4n) is 2.01. The quantitative estimate of drug-likeness (QED) is 0.641. The molecule has 1 aromatic carbocycles. The first kappa shape index (κ1) is 14.1. The van der Waals surface area contributed by atoms with Crippen LogP contribution in [0.3, 0.4) is 0 Å². The monoisotopic (exact) mass is 275 g/mol. The van der Waals surface area contributed by atoms with Gasteiger partial charge in [0, 0.05) is 17.1 Å². The minimum atomic E-state index is -1.09. The van der Waals surface area contributed by atoms with Gasteiger partial charge in [0.15, 0.2) is 0 Å². The summed E-state index contributed by atoms with van der Waals surface area (Å²) in [4.78, 5) is 25.6. The number of aromatic amines is 1. The second-order valence-corrected chi connectivity index (χ2v) is 4.74. The lowest BCUT2D eigenvalue weighted by atomic mass is 10.0. The second-order valence-electron chi connectivity index (χ2n) is 4.74. The highest BCUT2D eigenvalue weighted by molar-refractivity contribution is 5.88. The largest absolute Gasteiger partial charge is 0.480 e. The van der Waals surface area contributed by atoms with Crippen LogP contribution in [0.2, 0.25) is 0 Å². The van der Waals surface area contributed by atoms with Gasteiger partial charge in [-0.15, -0.1) is 0 Å². The van der Waals surface area contributed by atoms with Crippen molar-refractivity contribution in [2.45, 2.75) is 25.4 Å². The van der Waals surface area contributed by atoms with Crippen molar-refractivity contribution in [3.05, 3.63) is 36.0 Å². The molecule has 106 valence electrons. The number of carboxylic acid groups (broad SMARTS) is 1. The molecule has 6 nitrogen and oxygen atoms in total. The molecule has 0 radical (unpaired) electrons. The average Bonchev–Trinajstić information content (AvgIpc) is 2.82. The Morgan fingerprint density at radius 2 is 2.10 bits per heavy atom. The summed E-state index contributed by atoms with van der Waals surface area (Å²) in [6.45, 7) is 1.40. The Morgan fingerprint density at radius 3 is 2.80 bits per heavy atom. The van der Waals surface area contributed by atoms with Gasteiger partial charge in [0.1, 0.15) is 6.04 Å². The Bertz CT molecular complexity index is 635. The Labute approximate surface area is 116 Å². The number of carbonyl (C=O) groups is 2. The predicted molar refractivity (Wildman–Crippen MR) is 75.2 cm³/mol. The smallest absolute Gasteiger partial charge is 0.325 e. The number of carboxylic acids is 1. The summed E-state index contributed by atoms with van der Waals surface area (Å²) in [7, 11) is 0. The highest BCUT2D eigenvalue weighted by Gasteiger charge is 2.20. The lowest BCUT2D eigenvalue weighted by Gasteiger charge is -2.14. The van der Waals surface area contributed by atoms with Gasteiger partial charge in [0.2, 0.25) is 5.91 Å². The molecule has 0 fully saturated rings. The Balaban J connectivity index is 2.06. The summed E-state index contributed by atoms with van der Waals surface area (Å²) in [5.74, 6) is -1.55. The molecule has 0 aliphatic carbocycles. The summed E-state index contributed by atoms with van der Waals surface area (Å²) < 4.78 is 0. The van der Waals surface area contributed by atoms with Crippen molar-refractivity contribution < 1.29 is 14.7 Å². The van der Waals surface area contributed by atoms with Crippen LogP contribution in [-0.2, 0) is 16.0 Å². The lowest BCUT2D eigenvalue weighted by Crippen LogP contribution is -2.47. The zero-order valence-corrected chi connectivity index (χ0v) is 11.1. The number of nitrogens with one attached hydrogen (secondary N) is 2. The first-order chi connectivity index (χ1) is 9.49. The van der Waals surface area contributed by atoms with Gasteiger partial charge < -0.3 is 21.1 Å². The Kier molecular flexibility index (Phi) is 4.05. The highest BCUT2D eigenvalue weighted by atomic mass is 16.4. The van der Waals surface area contributed by atoms with Crippen LogP contribution in [0.5, 0.6) is 0 Å². The van der Waals surface area contributed by atoms with Crippen LogP contribution in [0.25, 0.3) is 10.9 Å². The number of para-hydroxylation sites is 1. The van der Waals surface area contributed by atoms with Gasteiger partial charge in [-0.2, -0.15) is 0 Å². The van der Waals surface area contributed by atoms with Crippen molar-refractivity contribution in [3.63, 3.8) is 0 Å². The third kappa shape index (κ3) is 2.97. The molecular weight excluding hydrogens is 258 g/mol. The molecule has 1 heterocycles. The summed E-state index contributed by atoms with van der Waals surface area (Å²) in [6.07, 6.45) is 2.17. The molecule has 2 atom stereocenters. The molecule has 2 rings (SSSR count). The van der Waals surface area contributed by atoms with E-state index < -0.39 is 24.0 Å². The van der Waals surface area contributed by atoms with E-state index in [1.54, 1.807) is 0 Å². The third-order valence-electron chi connectivity index (χ3n) is 3.18. The van der Waals surface area contributed by atoms with Gasteiger partial charge in [-0.3, -0.25) is 9.59 Å². The molecule has 0 aliphatic heterocycles. The van der Waals surface area contributed by atoms with E-state index in [-0.39, 0.29) is 0 Å². The summed E-state index contributed by atoms with van der Waals surface area (Å²) >= 11 is 0. The van der Waals surface area contributed by atoms with Crippen molar-refractivity contribution in [1.29, 1.82) is 0 Å². The van der Waals surface area contributed by atoms with E-state index in [2.05, 4.69) is 10.3 Å². The van der Waals surface area contributed by atoms with E-state index >= 15 is 0 Å². The molecule has 5 N–H and O–H groups in total. The number of hydrogen-bond acceptors (Lipinski definition) is 3. The molecule has 1 aromatic heterocycles. The number of aromatic nitrogens is 1. The molecule has 0 saturated heterocycles. The predicted octanol–water partition coefficient (Wildman–Crippen LogP) is 0.627. The molecule has 20 heavy (non-hydrogen) atoms. The highest BCUT2D eigenvalue weighted by Crippen LogP contribution is 2.18. The van der Waals surface area contributed by atoms with Crippen molar-refractivity contribution in [2.75, 3.05) is 0 Å². The first-order valence-electron chi connectivity index (χ1n) is 6.33. The fourth-order valence-corrected chi connectivity index (χ4v) is 2.01. The molecular formula is C14H17N3O3. The van der Waals surface area contributed by atoms with Crippen LogP contribution in [0.1, 0.15) is 12.5 Å². The number of hydrogen-bond donors (Lipinski definition) is 4.